The van der Waals surface area contributed by atoms with Crippen LogP contribution in [0.3, 0.4) is 0 Å². The molecule has 2 aromatic rings. The van der Waals surface area contributed by atoms with Gasteiger partial charge in [-0.25, -0.2) is 0 Å². The van der Waals surface area contributed by atoms with Gasteiger partial charge in [0.1, 0.15) is 0 Å². The predicted molar refractivity (Wildman–Crippen MR) is 113 cm³/mol. The first-order valence-electron chi connectivity index (χ1n) is 10.1. The lowest BCUT2D eigenvalue weighted by atomic mass is 9.99. The van der Waals surface area contributed by atoms with E-state index in [1.165, 1.54) is 24.1 Å². The van der Waals surface area contributed by atoms with Gasteiger partial charge in [-0.3, -0.25) is 4.79 Å². The predicted octanol–water partition coefficient (Wildman–Crippen LogP) is 4.31. The van der Waals surface area contributed by atoms with Crippen molar-refractivity contribution in [3.8, 4) is 0 Å². The molecule has 1 fully saturated rings. The van der Waals surface area contributed by atoms with E-state index in [0.29, 0.717) is 6.54 Å². The summed E-state index contributed by atoms with van der Waals surface area (Å²) in [7, 11) is 0. The largest absolute Gasteiger partial charge is 0.376 e. The maximum absolute atomic E-state index is 12.8. The minimum Gasteiger partial charge on any atom is -0.376 e. The van der Waals surface area contributed by atoms with E-state index in [0.717, 1.165) is 36.8 Å². The first-order chi connectivity index (χ1) is 13.1. The zero-order chi connectivity index (χ0) is 18.8. The molecule has 0 bridgehead atoms. The maximum Gasteiger partial charge on any atom is 0.246 e. The second-order valence-electron chi connectivity index (χ2n) is 8.02. The van der Waals surface area contributed by atoms with Crippen molar-refractivity contribution < 1.29 is 4.79 Å². The van der Waals surface area contributed by atoms with Gasteiger partial charge in [-0.1, -0.05) is 25.1 Å². The number of nitrogens with one attached hydrogen (secondary N) is 1. The Morgan fingerprint density at radius 2 is 1.74 bits per heavy atom. The van der Waals surface area contributed by atoms with Crippen molar-refractivity contribution in [3.63, 3.8) is 0 Å². The molecular formula is C23H29N3O. The van der Waals surface area contributed by atoms with Crippen molar-refractivity contribution >= 4 is 23.0 Å². The summed E-state index contributed by atoms with van der Waals surface area (Å²) in [5.41, 5.74) is 4.60. The monoisotopic (exact) mass is 363 g/mol. The number of para-hydroxylation sites is 1. The van der Waals surface area contributed by atoms with Crippen LogP contribution in [0.2, 0.25) is 0 Å². The molecule has 1 unspecified atom stereocenters. The number of rotatable bonds is 4. The van der Waals surface area contributed by atoms with Crippen LogP contribution in [-0.4, -0.2) is 31.6 Å². The van der Waals surface area contributed by atoms with Gasteiger partial charge >= 0.3 is 0 Å². The van der Waals surface area contributed by atoms with Crippen LogP contribution in [0.1, 0.15) is 32.3 Å². The molecule has 2 aliphatic heterocycles. The molecule has 27 heavy (non-hydrogen) atoms. The number of amides is 1. The molecule has 0 aliphatic carbocycles. The second kappa shape index (κ2) is 7.63. The van der Waals surface area contributed by atoms with Gasteiger partial charge in [-0.15, -0.1) is 0 Å². The molecule has 0 spiro atoms. The van der Waals surface area contributed by atoms with Crippen molar-refractivity contribution in [2.45, 2.75) is 39.2 Å². The molecule has 0 radical (unpaired) electrons. The summed E-state index contributed by atoms with van der Waals surface area (Å²) in [6.07, 6.45) is 3.47. The Morgan fingerprint density at radius 1 is 1.04 bits per heavy atom. The fraction of sp³-hybridized carbons (Fsp3) is 0.435. The number of hydrogen-bond donors (Lipinski definition) is 1. The average molecular weight is 364 g/mol. The van der Waals surface area contributed by atoms with E-state index >= 15 is 0 Å². The molecular weight excluding hydrogens is 334 g/mol. The van der Waals surface area contributed by atoms with Crippen LogP contribution < -0.4 is 15.1 Å². The summed E-state index contributed by atoms with van der Waals surface area (Å²) in [6, 6.07) is 16.9. The van der Waals surface area contributed by atoms with Crippen molar-refractivity contribution in [1.82, 2.24) is 0 Å². The van der Waals surface area contributed by atoms with Gasteiger partial charge in [0.05, 0.1) is 6.54 Å². The number of benzene rings is 2. The van der Waals surface area contributed by atoms with E-state index in [-0.39, 0.29) is 11.9 Å². The third kappa shape index (κ3) is 3.80. The van der Waals surface area contributed by atoms with Gasteiger partial charge in [-0.2, -0.15) is 0 Å². The Labute approximate surface area is 162 Å². The first kappa shape index (κ1) is 17.9. The van der Waals surface area contributed by atoms with Crippen LogP contribution in [0.4, 0.5) is 17.1 Å². The summed E-state index contributed by atoms with van der Waals surface area (Å²) in [6.45, 7) is 7.05. The highest BCUT2D eigenvalue weighted by Crippen LogP contribution is 2.32. The Hall–Kier alpha value is -2.49. The molecule has 4 nitrogen and oxygen atoms in total. The molecule has 2 aliphatic rings. The lowest BCUT2D eigenvalue weighted by Crippen LogP contribution is -2.39. The smallest absolute Gasteiger partial charge is 0.246 e. The normalized spacial score (nSPS) is 19.9. The molecule has 4 rings (SSSR count). The molecule has 0 saturated carbocycles. The topological polar surface area (TPSA) is 35.6 Å². The molecule has 4 heteroatoms. The average Bonchev–Trinajstić information content (AvgIpc) is 3.03. The first-order valence-corrected chi connectivity index (χ1v) is 10.1. The van der Waals surface area contributed by atoms with E-state index < -0.39 is 0 Å². The minimum atomic E-state index is 0.126. The third-order valence-corrected chi connectivity index (χ3v) is 5.94. The molecule has 1 saturated heterocycles. The Bertz CT molecular complexity index is 794. The molecule has 0 aromatic heterocycles. The van der Waals surface area contributed by atoms with Gasteiger partial charge in [0.25, 0.3) is 0 Å². The zero-order valence-corrected chi connectivity index (χ0v) is 16.3. The van der Waals surface area contributed by atoms with E-state index in [4.69, 9.17) is 0 Å². The Morgan fingerprint density at radius 3 is 2.48 bits per heavy atom. The van der Waals surface area contributed by atoms with Crippen LogP contribution in [0.5, 0.6) is 0 Å². The molecule has 142 valence electrons. The van der Waals surface area contributed by atoms with Crippen molar-refractivity contribution in [1.29, 1.82) is 0 Å². The van der Waals surface area contributed by atoms with Crippen LogP contribution >= 0.6 is 0 Å². The number of piperidine rings is 1. The highest BCUT2D eigenvalue weighted by atomic mass is 16.2. The number of carbonyl (C=O) groups excluding carboxylic acids is 1. The SMILES string of the molecule is CC1CCN(c2ccc(NCC(=O)N3c4ccccc4CC3C)cc2)CC1. The van der Waals surface area contributed by atoms with Crippen molar-refractivity contribution in [2.75, 3.05) is 34.8 Å². The van der Waals surface area contributed by atoms with Gasteiger partial charge in [0.15, 0.2) is 0 Å². The van der Waals surface area contributed by atoms with Crippen molar-refractivity contribution in [2.24, 2.45) is 5.92 Å². The van der Waals surface area contributed by atoms with Gasteiger partial charge in [0, 0.05) is 36.2 Å². The fourth-order valence-corrected chi connectivity index (χ4v) is 4.27. The molecule has 1 amide bonds. The highest BCUT2D eigenvalue weighted by molar-refractivity contribution is 5.98. The molecule has 1 N–H and O–H groups in total. The minimum absolute atomic E-state index is 0.126. The third-order valence-electron chi connectivity index (χ3n) is 5.94. The van der Waals surface area contributed by atoms with E-state index in [1.54, 1.807) is 0 Å². The lowest BCUT2D eigenvalue weighted by Gasteiger charge is -2.32. The number of carbonyl (C=O) groups is 1. The van der Waals surface area contributed by atoms with Gasteiger partial charge in [-0.05, 0) is 68.0 Å². The maximum atomic E-state index is 12.8. The second-order valence-corrected chi connectivity index (χ2v) is 8.02. The number of anilines is 3. The van der Waals surface area contributed by atoms with Crippen LogP contribution in [-0.2, 0) is 11.2 Å². The molecule has 1 atom stereocenters. The Kier molecular flexibility index (Phi) is 5.06. The van der Waals surface area contributed by atoms with Gasteiger partial charge < -0.3 is 15.1 Å². The summed E-state index contributed by atoms with van der Waals surface area (Å²) in [5.74, 6) is 0.966. The summed E-state index contributed by atoms with van der Waals surface area (Å²) in [5, 5.41) is 3.30. The molecule has 2 heterocycles. The van der Waals surface area contributed by atoms with E-state index in [2.05, 4.69) is 54.4 Å². The zero-order valence-electron chi connectivity index (χ0n) is 16.3. The van der Waals surface area contributed by atoms with Crippen LogP contribution in [0.15, 0.2) is 48.5 Å². The quantitative estimate of drug-likeness (QED) is 0.879. The highest BCUT2D eigenvalue weighted by Gasteiger charge is 2.30. The summed E-state index contributed by atoms with van der Waals surface area (Å²) in [4.78, 5) is 17.2. The van der Waals surface area contributed by atoms with Crippen molar-refractivity contribution in [3.05, 3.63) is 54.1 Å². The number of fused-ring (bicyclic) bond motifs is 1. The number of hydrogen-bond acceptors (Lipinski definition) is 3. The summed E-state index contributed by atoms with van der Waals surface area (Å²) < 4.78 is 0. The van der Waals surface area contributed by atoms with E-state index in [1.807, 2.05) is 23.1 Å². The standard InChI is InChI=1S/C23H29N3O/c1-17-11-13-25(14-12-17)21-9-7-20(8-10-21)24-16-23(27)26-18(2)15-19-5-3-4-6-22(19)26/h3-10,17-18,24H,11-16H2,1-2H3. The van der Waals surface area contributed by atoms with Crippen LogP contribution in [0, 0.1) is 5.92 Å². The molecule has 2 aromatic carbocycles. The van der Waals surface area contributed by atoms with Gasteiger partial charge in [0.2, 0.25) is 5.91 Å². The lowest BCUT2D eigenvalue weighted by molar-refractivity contribution is -0.117. The van der Waals surface area contributed by atoms with E-state index in [9.17, 15) is 4.79 Å². The van der Waals surface area contributed by atoms with Crippen LogP contribution in [0.25, 0.3) is 0 Å². The Balaban J connectivity index is 1.36. The fourth-order valence-electron chi connectivity index (χ4n) is 4.27. The number of nitrogens with zero attached hydrogens (tertiary/aromatic N) is 2. The summed E-state index contributed by atoms with van der Waals surface area (Å²) >= 11 is 0.